The minimum atomic E-state index is 0.217. The number of alkyl halides is 1. The van der Waals surface area contributed by atoms with Crippen molar-refractivity contribution in [2.75, 3.05) is 0 Å². The van der Waals surface area contributed by atoms with Crippen LogP contribution in [0.15, 0.2) is 42.5 Å². The largest absolute Gasteiger partial charge is 0.122 e. The van der Waals surface area contributed by atoms with Crippen molar-refractivity contribution >= 4 is 11.6 Å². The summed E-state index contributed by atoms with van der Waals surface area (Å²) in [5, 5.41) is 0. The molecule has 0 saturated carbocycles. The first-order valence-electron chi connectivity index (χ1n) is 10.6. The smallest absolute Gasteiger partial charge is 0.0476 e. The SMILES string of the molecule is CC(C)c1cc(C(C)(C)C)ccc1CCl.CC(C)c1cccc(C(C)(C)C)c1. The third-order valence-electron chi connectivity index (χ3n) is 5.20. The molecule has 0 radical (unpaired) electrons. The van der Waals surface area contributed by atoms with Gasteiger partial charge in [0.2, 0.25) is 0 Å². The molecule has 0 atom stereocenters. The van der Waals surface area contributed by atoms with Crippen molar-refractivity contribution in [3.05, 3.63) is 70.3 Å². The summed E-state index contributed by atoms with van der Waals surface area (Å²) in [7, 11) is 0. The van der Waals surface area contributed by atoms with Crippen molar-refractivity contribution in [2.45, 2.75) is 97.8 Å². The van der Waals surface area contributed by atoms with Crippen LogP contribution in [0.1, 0.15) is 109 Å². The van der Waals surface area contributed by atoms with Gasteiger partial charge in [0.25, 0.3) is 0 Å². The summed E-state index contributed by atoms with van der Waals surface area (Å²) in [5.41, 5.74) is 7.39. The minimum Gasteiger partial charge on any atom is -0.122 e. The average molecular weight is 401 g/mol. The first kappa shape index (κ1) is 24.8. The third-order valence-corrected chi connectivity index (χ3v) is 5.49. The van der Waals surface area contributed by atoms with E-state index < -0.39 is 0 Å². The molecule has 2 aromatic carbocycles. The van der Waals surface area contributed by atoms with Crippen LogP contribution in [0.25, 0.3) is 0 Å². The third kappa shape index (κ3) is 7.28. The molecule has 0 aromatic heterocycles. The van der Waals surface area contributed by atoms with E-state index in [2.05, 4.69) is 112 Å². The molecule has 1 heteroatoms. The molecular weight excluding hydrogens is 360 g/mol. The monoisotopic (exact) mass is 400 g/mol. The maximum atomic E-state index is 5.94. The highest BCUT2D eigenvalue weighted by molar-refractivity contribution is 6.17. The Bertz CT molecular complexity index is 740. The molecule has 0 heterocycles. The Morgan fingerprint density at radius 3 is 1.68 bits per heavy atom. The van der Waals surface area contributed by atoms with E-state index in [1.165, 1.54) is 27.8 Å². The van der Waals surface area contributed by atoms with Crippen molar-refractivity contribution in [3.8, 4) is 0 Å². The standard InChI is InChI=1S/C14H21Cl.C13H20/c1-10(2)13-8-12(14(3,4)5)7-6-11(13)9-15;1-10(2)11-7-6-8-12(9-11)13(3,4)5/h6-8,10H,9H2,1-5H3;6-10H,1-5H3. The molecule has 28 heavy (non-hydrogen) atoms. The van der Waals surface area contributed by atoms with Gasteiger partial charge in [-0.25, -0.2) is 0 Å². The molecule has 0 saturated heterocycles. The van der Waals surface area contributed by atoms with E-state index in [0.29, 0.717) is 17.7 Å². The molecule has 0 bridgehead atoms. The Morgan fingerprint density at radius 1 is 0.714 bits per heavy atom. The number of halogens is 1. The second-order valence-corrected chi connectivity index (χ2v) is 10.7. The number of rotatable bonds is 3. The minimum absolute atomic E-state index is 0.217. The van der Waals surface area contributed by atoms with Gasteiger partial charge >= 0.3 is 0 Å². The van der Waals surface area contributed by atoms with Gasteiger partial charge in [-0.05, 0) is 50.5 Å². The van der Waals surface area contributed by atoms with Crippen LogP contribution in [0, 0.1) is 0 Å². The van der Waals surface area contributed by atoms with Crippen LogP contribution in [0.4, 0.5) is 0 Å². The van der Waals surface area contributed by atoms with Gasteiger partial charge in [-0.15, -0.1) is 11.6 Å². The predicted molar refractivity (Wildman–Crippen MR) is 128 cm³/mol. The summed E-state index contributed by atoms with van der Waals surface area (Å²) < 4.78 is 0. The highest BCUT2D eigenvalue weighted by Gasteiger charge is 2.16. The van der Waals surface area contributed by atoms with Crippen molar-refractivity contribution in [3.63, 3.8) is 0 Å². The second-order valence-electron chi connectivity index (χ2n) is 10.5. The van der Waals surface area contributed by atoms with Gasteiger partial charge in [-0.2, -0.15) is 0 Å². The zero-order valence-corrected chi connectivity index (χ0v) is 20.5. The highest BCUT2D eigenvalue weighted by atomic mass is 35.5. The van der Waals surface area contributed by atoms with E-state index in [-0.39, 0.29) is 10.8 Å². The van der Waals surface area contributed by atoms with Crippen LogP contribution in [0.2, 0.25) is 0 Å². The predicted octanol–water partition coefficient (Wildman–Crippen LogP) is 8.95. The Kier molecular flexibility index (Phi) is 8.82. The molecule has 0 aliphatic carbocycles. The molecule has 0 N–H and O–H groups in total. The Balaban J connectivity index is 0.000000283. The van der Waals surface area contributed by atoms with Crippen molar-refractivity contribution in [1.29, 1.82) is 0 Å². The first-order valence-corrected chi connectivity index (χ1v) is 11.1. The van der Waals surface area contributed by atoms with E-state index in [1.807, 2.05) is 0 Å². The maximum Gasteiger partial charge on any atom is 0.0476 e. The van der Waals surface area contributed by atoms with Gasteiger partial charge in [0.15, 0.2) is 0 Å². The van der Waals surface area contributed by atoms with Gasteiger partial charge < -0.3 is 0 Å². The van der Waals surface area contributed by atoms with Crippen molar-refractivity contribution < 1.29 is 0 Å². The fourth-order valence-electron chi connectivity index (χ4n) is 3.08. The fourth-order valence-corrected chi connectivity index (χ4v) is 3.33. The summed E-state index contributed by atoms with van der Waals surface area (Å²) >= 11 is 5.94. The zero-order chi connectivity index (χ0) is 21.7. The quantitative estimate of drug-likeness (QED) is 0.451. The second kappa shape index (κ2) is 9.97. The Labute approximate surface area is 179 Å². The molecule has 0 unspecified atom stereocenters. The van der Waals surface area contributed by atoms with Gasteiger partial charge in [-0.3, -0.25) is 0 Å². The lowest BCUT2D eigenvalue weighted by Gasteiger charge is -2.22. The topological polar surface area (TPSA) is 0 Å². The lowest BCUT2D eigenvalue weighted by atomic mass is 9.83. The summed E-state index contributed by atoms with van der Waals surface area (Å²) in [6, 6.07) is 15.6. The van der Waals surface area contributed by atoms with E-state index in [9.17, 15) is 0 Å². The fraction of sp³-hybridized carbons (Fsp3) is 0.556. The lowest BCUT2D eigenvalue weighted by Crippen LogP contribution is -2.12. The van der Waals surface area contributed by atoms with E-state index in [0.717, 1.165) is 0 Å². The van der Waals surface area contributed by atoms with E-state index >= 15 is 0 Å². The summed E-state index contributed by atoms with van der Waals surface area (Å²) in [6.45, 7) is 22.4. The summed E-state index contributed by atoms with van der Waals surface area (Å²) in [4.78, 5) is 0. The molecule has 2 rings (SSSR count). The molecule has 0 spiro atoms. The van der Waals surface area contributed by atoms with E-state index in [1.54, 1.807) is 0 Å². The van der Waals surface area contributed by atoms with Crippen LogP contribution >= 0.6 is 11.6 Å². The normalized spacial score (nSPS) is 12.2. The van der Waals surface area contributed by atoms with Gasteiger partial charge in [-0.1, -0.05) is 112 Å². The van der Waals surface area contributed by atoms with Gasteiger partial charge in [0.05, 0.1) is 0 Å². The van der Waals surface area contributed by atoms with Crippen LogP contribution < -0.4 is 0 Å². The zero-order valence-electron chi connectivity index (χ0n) is 19.8. The van der Waals surface area contributed by atoms with Crippen LogP contribution in [0.3, 0.4) is 0 Å². The van der Waals surface area contributed by atoms with Crippen molar-refractivity contribution in [1.82, 2.24) is 0 Å². The lowest BCUT2D eigenvalue weighted by molar-refractivity contribution is 0.588. The maximum absolute atomic E-state index is 5.94. The number of benzene rings is 2. The summed E-state index contributed by atoms with van der Waals surface area (Å²) in [6.07, 6.45) is 0. The van der Waals surface area contributed by atoms with E-state index in [4.69, 9.17) is 11.6 Å². The molecule has 0 amide bonds. The molecule has 2 aromatic rings. The molecule has 156 valence electrons. The highest BCUT2D eigenvalue weighted by Crippen LogP contribution is 2.29. The molecule has 0 aliphatic heterocycles. The molecular formula is C27H41Cl. The Hall–Kier alpha value is -1.27. The van der Waals surface area contributed by atoms with Crippen LogP contribution in [0.5, 0.6) is 0 Å². The average Bonchev–Trinajstić information content (AvgIpc) is 2.60. The summed E-state index contributed by atoms with van der Waals surface area (Å²) in [5.74, 6) is 1.78. The van der Waals surface area contributed by atoms with Crippen LogP contribution in [-0.2, 0) is 16.7 Å². The number of hydrogen-bond donors (Lipinski definition) is 0. The van der Waals surface area contributed by atoms with Gasteiger partial charge in [0.1, 0.15) is 0 Å². The van der Waals surface area contributed by atoms with Crippen molar-refractivity contribution in [2.24, 2.45) is 0 Å². The molecule has 0 fully saturated rings. The number of hydrogen-bond acceptors (Lipinski definition) is 0. The molecule has 0 nitrogen and oxygen atoms in total. The molecule has 0 aliphatic rings. The van der Waals surface area contributed by atoms with Gasteiger partial charge in [0, 0.05) is 5.88 Å². The Morgan fingerprint density at radius 2 is 1.25 bits per heavy atom. The first-order chi connectivity index (χ1) is 12.8. The van der Waals surface area contributed by atoms with Crippen LogP contribution in [-0.4, -0.2) is 0 Å².